The van der Waals surface area contributed by atoms with Crippen LogP contribution in [0, 0.1) is 11.8 Å². The van der Waals surface area contributed by atoms with E-state index in [1.165, 1.54) is 6.92 Å². The van der Waals surface area contributed by atoms with Gasteiger partial charge in [-0.2, -0.15) is 0 Å². The molecule has 27 heavy (non-hydrogen) atoms. The Balaban J connectivity index is 1.49. The lowest BCUT2D eigenvalue weighted by Gasteiger charge is -2.33. The fourth-order valence-electron chi connectivity index (χ4n) is 3.77. The van der Waals surface area contributed by atoms with E-state index in [0.717, 1.165) is 25.7 Å². The van der Waals surface area contributed by atoms with Crippen LogP contribution in [0.15, 0.2) is 24.3 Å². The van der Waals surface area contributed by atoms with Crippen LogP contribution in [0.1, 0.15) is 32.6 Å². The number of carbonyl (C=O) groups excluding carboxylic acids is 3. The number of nitrogens with one attached hydrogen (secondary N) is 2. The summed E-state index contributed by atoms with van der Waals surface area (Å²) in [4.78, 5) is 38.2. The lowest BCUT2D eigenvalue weighted by atomic mass is 9.81. The maximum absolute atomic E-state index is 12.6. The fourth-order valence-corrected chi connectivity index (χ4v) is 3.77. The van der Waals surface area contributed by atoms with Crippen LogP contribution in [0.3, 0.4) is 0 Å². The van der Waals surface area contributed by atoms with Gasteiger partial charge in [-0.25, -0.2) is 0 Å². The highest BCUT2D eigenvalue weighted by Gasteiger charge is 2.32. The van der Waals surface area contributed by atoms with Crippen LogP contribution in [0.4, 0.5) is 11.4 Å². The minimum atomic E-state index is -0.151. The molecular formula is C20H27N3O4. The van der Waals surface area contributed by atoms with Gasteiger partial charge in [0.15, 0.2) is 0 Å². The predicted octanol–water partition coefficient (Wildman–Crippen LogP) is 2.25. The van der Waals surface area contributed by atoms with Gasteiger partial charge in [0.05, 0.1) is 13.2 Å². The Morgan fingerprint density at radius 1 is 0.963 bits per heavy atom. The van der Waals surface area contributed by atoms with Crippen molar-refractivity contribution >= 4 is 29.1 Å². The van der Waals surface area contributed by atoms with E-state index in [9.17, 15) is 14.4 Å². The molecule has 146 valence electrons. The van der Waals surface area contributed by atoms with Crippen LogP contribution in [-0.2, 0) is 19.1 Å². The summed E-state index contributed by atoms with van der Waals surface area (Å²) in [5.74, 6) is -0.0208. The van der Waals surface area contributed by atoms with Gasteiger partial charge in [0.2, 0.25) is 17.7 Å². The third-order valence-electron chi connectivity index (χ3n) is 5.22. The number of ether oxygens (including phenoxy) is 1. The summed E-state index contributed by atoms with van der Waals surface area (Å²) in [7, 11) is 0. The van der Waals surface area contributed by atoms with Crippen LogP contribution in [0.25, 0.3) is 0 Å². The monoisotopic (exact) mass is 373 g/mol. The first-order valence-corrected chi connectivity index (χ1v) is 9.58. The molecule has 2 N–H and O–H groups in total. The number of benzene rings is 1. The quantitative estimate of drug-likeness (QED) is 0.847. The van der Waals surface area contributed by atoms with E-state index in [1.807, 2.05) is 4.90 Å². The zero-order chi connectivity index (χ0) is 19.2. The molecule has 3 rings (SSSR count). The van der Waals surface area contributed by atoms with Gasteiger partial charge in [-0.05, 0) is 43.9 Å². The summed E-state index contributed by atoms with van der Waals surface area (Å²) in [6, 6.07) is 7.11. The second-order valence-corrected chi connectivity index (χ2v) is 7.24. The Bertz CT molecular complexity index is 692. The van der Waals surface area contributed by atoms with Gasteiger partial charge in [-0.3, -0.25) is 14.4 Å². The predicted molar refractivity (Wildman–Crippen MR) is 102 cm³/mol. The second-order valence-electron chi connectivity index (χ2n) is 7.24. The van der Waals surface area contributed by atoms with Gasteiger partial charge in [-0.1, -0.05) is 6.07 Å². The van der Waals surface area contributed by atoms with Crippen molar-refractivity contribution in [1.29, 1.82) is 0 Å². The molecule has 2 aliphatic rings. The molecule has 0 aromatic heterocycles. The Kier molecular flexibility index (Phi) is 6.45. The lowest BCUT2D eigenvalue weighted by Crippen LogP contribution is -2.44. The highest BCUT2D eigenvalue weighted by molar-refractivity contribution is 5.94. The van der Waals surface area contributed by atoms with Crippen molar-refractivity contribution in [1.82, 2.24) is 4.90 Å². The molecule has 0 unspecified atom stereocenters. The van der Waals surface area contributed by atoms with E-state index >= 15 is 0 Å². The molecule has 1 heterocycles. The zero-order valence-electron chi connectivity index (χ0n) is 15.7. The zero-order valence-corrected chi connectivity index (χ0v) is 15.7. The molecule has 1 saturated heterocycles. The first kappa shape index (κ1) is 19.4. The molecule has 1 aromatic rings. The average molecular weight is 373 g/mol. The molecule has 7 heteroatoms. The molecule has 1 aliphatic heterocycles. The van der Waals surface area contributed by atoms with Crippen molar-refractivity contribution in [2.24, 2.45) is 11.8 Å². The van der Waals surface area contributed by atoms with Gasteiger partial charge >= 0.3 is 0 Å². The molecule has 0 atom stereocenters. The number of morpholine rings is 1. The Morgan fingerprint density at radius 3 is 2.19 bits per heavy atom. The van der Waals surface area contributed by atoms with Gasteiger partial charge in [-0.15, -0.1) is 0 Å². The Labute approximate surface area is 159 Å². The highest BCUT2D eigenvalue weighted by atomic mass is 16.5. The number of hydrogen-bond donors (Lipinski definition) is 2. The molecule has 0 spiro atoms. The molecule has 7 nitrogen and oxygen atoms in total. The lowest BCUT2D eigenvalue weighted by molar-refractivity contribution is -0.141. The van der Waals surface area contributed by atoms with E-state index in [1.54, 1.807) is 24.3 Å². The molecule has 2 fully saturated rings. The molecule has 0 bridgehead atoms. The standard InChI is InChI=1S/C20H27N3O4/c1-14(24)21-17-3-2-4-18(13-17)22-19(25)15-5-7-16(8-6-15)20(26)23-9-11-27-12-10-23/h2-4,13,15-16H,5-12H2,1H3,(H,21,24)(H,22,25). The smallest absolute Gasteiger partial charge is 0.227 e. The van der Waals surface area contributed by atoms with Crippen molar-refractivity contribution in [2.45, 2.75) is 32.6 Å². The molecule has 1 aromatic carbocycles. The number of carbonyl (C=O) groups is 3. The van der Waals surface area contributed by atoms with Crippen LogP contribution in [-0.4, -0.2) is 48.9 Å². The largest absolute Gasteiger partial charge is 0.378 e. The normalized spacial score (nSPS) is 22.8. The van der Waals surface area contributed by atoms with Gasteiger partial charge in [0.1, 0.15) is 0 Å². The van der Waals surface area contributed by atoms with Crippen molar-refractivity contribution in [3.63, 3.8) is 0 Å². The number of hydrogen-bond acceptors (Lipinski definition) is 4. The second kappa shape index (κ2) is 8.99. The van der Waals surface area contributed by atoms with Gasteiger partial charge in [0, 0.05) is 43.2 Å². The molecular weight excluding hydrogens is 346 g/mol. The van der Waals surface area contributed by atoms with E-state index < -0.39 is 0 Å². The van der Waals surface area contributed by atoms with Crippen LogP contribution >= 0.6 is 0 Å². The van der Waals surface area contributed by atoms with Crippen LogP contribution < -0.4 is 10.6 Å². The van der Waals surface area contributed by atoms with E-state index in [2.05, 4.69) is 10.6 Å². The third kappa shape index (κ3) is 5.29. The summed E-state index contributed by atoms with van der Waals surface area (Å²) in [5.41, 5.74) is 1.32. The third-order valence-corrected chi connectivity index (χ3v) is 5.22. The molecule has 3 amide bonds. The van der Waals surface area contributed by atoms with Crippen molar-refractivity contribution in [3.05, 3.63) is 24.3 Å². The van der Waals surface area contributed by atoms with E-state index in [0.29, 0.717) is 37.7 Å². The first-order chi connectivity index (χ1) is 13.0. The van der Waals surface area contributed by atoms with Crippen LogP contribution in [0.5, 0.6) is 0 Å². The molecule has 1 aliphatic carbocycles. The van der Waals surface area contributed by atoms with Gasteiger partial charge < -0.3 is 20.3 Å². The summed E-state index contributed by atoms with van der Waals surface area (Å²) in [6.07, 6.45) is 2.94. The Morgan fingerprint density at radius 2 is 1.56 bits per heavy atom. The molecule has 0 radical (unpaired) electrons. The van der Waals surface area contributed by atoms with Gasteiger partial charge in [0.25, 0.3) is 0 Å². The van der Waals surface area contributed by atoms with Crippen molar-refractivity contribution in [3.8, 4) is 0 Å². The summed E-state index contributed by atoms with van der Waals surface area (Å²) >= 11 is 0. The topological polar surface area (TPSA) is 87.7 Å². The minimum absolute atomic E-state index is 0.0211. The van der Waals surface area contributed by atoms with Crippen LogP contribution in [0.2, 0.25) is 0 Å². The number of nitrogens with zero attached hydrogens (tertiary/aromatic N) is 1. The number of anilines is 2. The fraction of sp³-hybridized carbons (Fsp3) is 0.550. The Hall–Kier alpha value is -2.41. The highest BCUT2D eigenvalue weighted by Crippen LogP contribution is 2.31. The number of amides is 3. The summed E-state index contributed by atoms with van der Waals surface area (Å²) in [5, 5.41) is 5.64. The van der Waals surface area contributed by atoms with Crippen molar-refractivity contribution < 1.29 is 19.1 Å². The SMILES string of the molecule is CC(=O)Nc1cccc(NC(=O)C2CCC(C(=O)N3CCOCC3)CC2)c1. The minimum Gasteiger partial charge on any atom is -0.378 e. The summed E-state index contributed by atoms with van der Waals surface area (Å²) in [6.45, 7) is 4.01. The summed E-state index contributed by atoms with van der Waals surface area (Å²) < 4.78 is 5.30. The van der Waals surface area contributed by atoms with E-state index in [4.69, 9.17) is 4.74 Å². The van der Waals surface area contributed by atoms with Crippen molar-refractivity contribution in [2.75, 3.05) is 36.9 Å². The maximum Gasteiger partial charge on any atom is 0.227 e. The molecule has 1 saturated carbocycles. The average Bonchev–Trinajstić information content (AvgIpc) is 2.68. The maximum atomic E-state index is 12.6. The van der Waals surface area contributed by atoms with E-state index in [-0.39, 0.29) is 29.6 Å². The first-order valence-electron chi connectivity index (χ1n) is 9.58. The number of rotatable bonds is 4.